The predicted octanol–water partition coefficient (Wildman–Crippen LogP) is 1.90. The first-order valence-corrected chi connectivity index (χ1v) is 7.89. The van der Waals surface area contributed by atoms with Crippen molar-refractivity contribution in [2.75, 3.05) is 5.32 Å². The molecule has 8 nitrogen and oxygen atoms in total. The van der Waals surface area contributed by atoms with Crippen molar-refractivity contribution in [1.82, 2.24) is 20.0 Å². The number of hydrogen-bond acceptors (Lipinski definition) is 5. The topological polar surface area (TPSA) is 102 Å². The van der Waals surface area contributed by atoms with E-state index < -0.39 is 18.0 Å². The second kappa shape index (κ2) is 7.29. The van der Waals surface area contributed by atoms with Gasteiger partial charge in [-0.05, 0) is 33.3 Å². The van der Waals surface area contributed by atoms with E-state index in [0.717, 1.165) is 24.2 Å². The standard InChI is InChI=1S/C16H23N5O3/c1-6-7-12-8-13(19-18-12)16(23)24-11(4)15(22)17-14-9(2)20-21(5)10(14)3/h8,11H,6-7H2,1-5H3,(H,17,22)(H,18,19). The highest BCUT2D eigenvalue weighted by molar-refractivity contribution is 5.97. The monoisotopic (exact) mass is 333 g/mol. The Labute approximate surface area is 140 Å². The van der Waals surface area contributed by atoms with Gasteiger partial charge in [0.05, 0.1) is 17.1 Å². The molecule has 0 saturated carbocycles. The minimum atomic E-state index is -0.942. The first kappa shape index (κ1) is 17.7. The van der Waals surface area contributed by atoms with E-state index in [1.807, 2.05) is 13.8 Å². The summed E-state index contributed by atoms with van der Waals surface area (Å²) in [6.45, 7) is 7.21. The number of carbonyl (C=O) groups excluding carboxylic acids is 2. The van der Waals surface area contributed by atoms with Gasteiger partial charge in [0.2, 0.25) is 0 Å². The molecule has 2 heterocycles. The fourth-order valence-electron chi connectivity index (χ4n) is 2.32. The number of H-pyrrole nitrogens is 1. The van der Waals surface area contributed by atoms with E-state index in [4.69, 9.17) is 4.74 Å². The molecule has 2 N–H and O–H groups in total. The van der Waals surface area contributed by atoms with Crippen molar-refractivity contribution in [3.63, 3.8) is 0 Å². The van der Waals surface area contributed by atoms with Crippen LogP contribution >= 0.6 is 0 Å². The molecule has 0 aliphatic heterocycles. The SMILES string of the molecule is CCCc1cc(C(=O)OC(C)C(=O)Nc2c(C)nn(C)c2C)n[nH]1. The van der Waals surface area contributed by atoms with E-state index >= 15 is 0 Å². The lowest BCUT2D eigenvalue weighted by molar-refractivity contribution is -0.123. The normalized spacial score (nSPS) is 12.0. The third-order valence-corrected chi connectivity index (χ3v) is 3.77. The molecule has 0 spiro atoms. The van der Waals surface area contributed by atoms with Gasteiger partial charge in [-0.15, -0.1) is 0 Å². The Morgan fingerprint density at radius 3 is 2.71 bits per heavy atom. The van der Waals surface area contributed by atoms with E-state index in [0.29, 0.717) is 11.4 Å². The average molecular weight is 333 g/mol. The number of aromatic amines is 1. The second-order valence-electron chi connectivity index (χ2n) is 5.73. The molecular formula is C16H23N5O3. The zero-order valence-electron chi connectivity index (χ0n) is 14.6. The van der Waals surface area contributed by atoms with Crippen molar-refractivity contribution in [3.05, 3.63) is 28.8 Å². The highest BCUT2D eigenvalue weighted by Crippen LogP contribution is 2.19. The van der Waals surface area contributed by atoms with Crippen LogP contribution in [0.4, 0.5) is 5.69 Å². The number of aromatic nitrogens is 4. The Balaban J connectivity index is 1.98. The predicted molar refractivity (Wildman–Crippen MR) is 88.8 cm³/mol. The molecule has 130 valence electrons. The van der Waals surface area contributed by atoms with Crippen molar-refractivity contribution >= 4 is 17.6 Å². The Morgan fingerprint density at radius 1 is 1.42 bits per heavy atom. The van der Waals surface area contributed by atoms with Crippen LogP contribution < -0.4 is 5.32 Å². The molecule has 0 radical (unpaired) electrons. The van der Waals surface area contributed by atoms with Crippen LogP contribution in [0.3, 0.4) is 0 Å². The number of nitrogens with one attached hydrogen (secondary N) is 2. The molecule has 2 aromatic heterocycles. The Kier molecular flexibility index (Phi) is 5.38. The van der Waals surface area contributed by atoms with Crippen molar-refractivity contribution in [2.24, 2.45) is 7.05 Å². The molecule has 8 heteroatoms. The quantitative estimate of drug-likeness (QED) is 0.786. The summed E-state index contributed by atoms with van der Waals surface area (Å²) in [5.41, 5.74) is 3.21. The van der Waals surface area contributed by atoms with Crippen LogP contribution in [0.1, 0.15) is 47.8 Å². The summed E-state index contributed by atoms with van der Waals surface area (Å²) in [6, 6.07) is 1.64. The fraction of sp³-hybridized carbons (Fsp3) is 0.500. The largest absolute Gasteiger partial charge is 0.448 e. The third kappa shape index (κ3) is 3.81. The van der Waals surface area contributed by atoms with Gasteiger partial charge in [-0.3, -0.25) is 14.6 Å². The number of ether oxygens (including phenoxy) is 1. The number of carbonyl (C=O) groups is 2. The minimum absolute atomic E-state index is 0.173. The van der Waals surface area contributed by atoms with E-state index in [1.54, 1.807) is 24.7 Å². The average Bonchev–Trinajstić information content (AvgIpc) is 3.08. The number of aryl methyl sites for hydroxylation is 3. The molecule has 0 aromatic carbocycles. The van der Waals surface area contributed by atoms with E-state index in [9.17, 15) is 9.59 Å². The number of hydrogen-bond donors (Lipinski definition) is 2. The molecule has 1 atom stereocenters. The first-order valence-electron chi connectivity index (χ1n) is 7.89. The maximum Gasteiger partial charge on any atom is 0.359 e. The maximum absolute atomic E-state index is 12.2. The number of esters is 1. The van der Waals surface area contributed by atoms with Crippen LogP contribution in [0.15, 0.2) is 6.07 Å². The molecular weight excluding hydrogens is 310 g/mol. The summed E-state index contributed by atoms with van der Waals surface area (Å²) in [7, 11) is 1.80. The number of rotatable bonds is 6. The van der Waals surface area contributed by atoms with Gasteiger partial charge in [0.1, 0.15) is 0 Å². The van der Waals surface area contributed by atoms with Crippen molar-refractivity contribution in [2.45, 2.75) is 46.6 Å². The molecule has 0 fully saturated rings. The molecule has 0 bridgehead atoms. The lowest BCUT2D eigenvalue weighted by atomic mass is 10.2. The number of anilines is 1. The summed E-state index contributed by atoms with van der Waals surface area (Å²) >= 11 is 0. The Morgan fingerprint density at radius 2 is 2.12 bits per heavy atom. The van der Waals surface area contributed by atoms with Gasteiger partial charge >= 0.3 is 5.97 Å². The maximum atomic E-state index is 12.2. The highest BCUT2D eigenvalue weighted by atomic mass is 16.5. The smallest absolute Gasteiger partial charge is 0.359 e. The summed E-state index contributed by atoms with van der Waals surface area (Å²) in [6.07, 6.45) is 0.803. The van der Waals surface area contributed by atoms with Gasteiger partial charge in [-0.2, -0.15) is 10.2 Å². The van der Waals surface area contributed by atoms with Crippen molar-refractivity contribution < 1.29 is 14.3 Å². The molecule has 24 heavy (non-hydrogen) atoms. The van der Waals surface area contributed by atoms with Crippen molar-refractivity contribution in [1.29, 1.82) is 0 Å². The molecule has 0 aliphatic rings. The van der Waals surface area contributed by atoms with Crippen LogP contribution in [-0.2, 0) is 23.0 Å². The van der Waals surface area contributed by atoms with Gasteiger partial charge in [-0.25, -0.2) is 4.79 Å². The van der Waals surface area contributed by atoms with Crippen LogP contribution in [-0.4, -0.2) is 38.0 Å². The molecule has 0 aliphatic carbocycles. The minimum Gasteiger partial charge on any atom is -0.448 e. The van der Waals surface area contributed by atoms with Crippen LogP contribution in [0.5, 0.6) is 0 Å². The number of nitrogens with zero attached hydrogens (tertiary/aromatic N) is 3. The molecule has 2 rings (SSSR count). The third-order valence-electron chi connectivity index (χ3n) is 3.77. The van der Waals surface area contributed by atoms with Gasteiger partial charge < -0.3 is 10.1 Å². The molecule has 0 saturated heterocycles. The van der Waals surface area contributed by atoms with E-state index in [1.165, 1.54) is 6.92 Å². The number of amides is 1. The Bertz CT molecular complexity index is 747. The molecule has 2 aromatic rings. The zero-order chi connectivity index (χ0) is 17.9. The molecule has 1 amide bonds. The second-order valence-corrected chi connectivity index (χ2v) is 5.73. The van der Waals surface area contributed by atoms with Gasteiger partial charge in [-0.1, -0.05) is 13.3 Å². The van der Waals surface area contributed by atoms with Crippen molar-refractivity contribution in [3.8, 4) is 0 Å². The van der Waals surface area contributed by atoms with Crippen LogP contribution in [0.2, 0.25) is 0 Å². The van der Waals surface area contributed by atoms with E-state index in [-0.39, 0.29) is 5.69 Å². The van der Waals surface area contributed by atoms with Gasteiger partial charge in [0.15, 0.2) is 11.8 Å². The first-order chi connectivity index (χ1) is 11.3. The summed E-state index contributed by atoms with van der Waals surface area (Å²) < 4.78 is 6.87. The molecule has 1 unspecified atom stereocenters. The summed E-state index contributed by atoms with van der Waals surface area (Å²) in [5, 5.41) is 13.7. The van der Waals surface area contributed by atoms with Crippen LogP contribution in [0.25, 0.3) is 0 Å². The fourth-order valence-corrected chi connectivity index (χ4v) is 2.32. The van der Waals surface area contributed by atoms with Gasteiger partial charge in [0, 0.05) is 12.7 Å². The highest BCUT2D eigenvalue weighted by Gasteiger charge is 2.22. The van der Waals surface area contributed by atoms with Crippen LogP contribution in [0, 0.1) is 13.8 Å². The van der Waals surface area contributed by atoms with Gasteiger partial charge in [0.25, 0.3) is 5.91 Å². The zero-order valence-corrected chi connectivity index (χ0v) is 14.6. The summed E-state index contributed by atoms with van der Waals surface area (Å²) in [5.74, 6) is -1.04. The lowest BCUT2D eigenvalue weighted by Gasteiger charge is -2.13. The lowest BCUT2D eigenvalue weighted by Crippen LogP contribution is -2.30. The Hall–Kier alpha value is -2.64. The summed E-state index contributed by atoms with van der Waals surface area (Å²) in [4.78, 5) is 24.3. The van der Waals surface area contributed by atoms with E-state index in [2.05, 4.69) is 20.6 Å².